The smallest absolute Gasteiger partial charge is 0.303 e. The average molecular weight is 420 g/mol. The van der Waals surface area contributed by atoms with Crippen LogP contribution in [0.5, 0.6) is 0 Å². The Morgan fingerprint density at radius 3 is 1.72 bits per heavy atom. The van der Waals surface area contributed by atoms with Crippen LogP contribution in [0.2, 0.25) is 0 Å². The van der Waals surface area contributed by atoms with E-state index in [2.05, 4.69) is 18.7 Å². The number of carbonyl (C=O) groups excluding carboxylic acids is 1. The molecular formula is C23H49NO5. The topological polar surface area (TPSA) is 87.1 Å². The molecule has 0 amide bonds. The van der Waals surface area contributed by atoms with Crippen molar-refractivity contribution < 1.29 is 24.5 Å². The second-order valence-electron chi connectivity index (χ2n) is 7.09. The Labute approximate surface area is 180 Å². The standard InChI is InChI=1S/C17H35NO3.C5H12O.CH2O/c1-2-3-4-7-10-13-18(15-16-19)14-11-8-5-6-9-12-17(20)21;1-3-5-6-4-2;1-2/h19H,2-16H2,1H3,(H,20,21);3-5H2,1-2H3;1H2. The molecule has 0 fully saturated rings. The molecule has 0 radical (unpaired) electrons. The Hall–Kier alpha value is -0.980. The summed E-state index contributed by atoms with van der Waals surface area (Å²) in [5.74, 6) is -0.688. The van der Waals surface area contributed by atoms with Crippen LogP contribution in [0.3, 0.4) is 0 Å². The maximum atomic E-state index is 10.4. The number of hydrogen-bond donors (Lipinski definition) is 2. The fraction of sp³-hybridized carbons (Fsp3) is 0.913. The Morgan fingerprint density at radius 1 is 0.793 bits per heavy atom. The molecule has 29 heavy (non-hydrogen) atoms. The lowest BCUT2D eigenvalue weighted by molar-refractivity contribution is -0.137. The van der Waals surface area contributed by atoms with E-state index in [1.807, 2.05) is 13.7 Å². The van der Waals surface area contributed by atoms with E-state index in [1.165, 1.54) is 32.1 Å². The second kappa shape index (κ2) is 31.7. The number of aliphatic hydroxyl groups excluding tert-OH is 1. The summed E-state index contributed by atoms with van der Waals surface area (Å²) in [6.45, 7) is 13.3. The summed E-state index contributed by atoms with van der Waals surface area (Å²) in [6.07, 6.45) is 13.2. The van der Waals surface area contributed by atoms with Crippen molar-refractivity contribution in [2.24, 2.45) is 0 Å². The number of aliphatic hydroxyl groups is 1. The molecule has 0 aliphatic rings. The van der Waals surface area contributed by atoms with E-state index in [0.29, 0.717) is 6.42 Å². The van der Waals surface area contributed by atoms with Crippen LogP contribution in [0.4, 0.5) is 0 Å². The Bertz CT molecular complexity index is 299. The first-order valence-corrected chi connectivity index (χ1v) is 11.5. The molecule has 0 rings (SSSR count). The predicted molar refractivity (Wildman–Crippen MR) is 122 cm³/mol. The predicted octanol–water partition coefficient (Wildman–Crippen LogP) is 4.92. The van der Waals surface area contributed by atoms with Crippen molar-refractivity contribution >= 4 is 12.8 Å². The van der Waals surface area contributed by atoms with Crippen molar-refractivity contribution in [2.45, 2.75) is 97.8 Å². The molecule has 6 nitrogen and oxygen atoms in total. The van der Waals surface area contributed by atoms with E-state index in [1.54, 1.807) is 0 Å². The van der Waals surface area contributed by atoms with Crippen LogP contribution in [0.1, 0.15) is 97.8 Å². The fourth-order valence-corrected chi connectivity index (χ4v) is 2.85. The molecule has 0 unspecified atom stereocenters. The maximum Gasteiger partial charge on any atom is 0.303 e. The van der Waals surface area contributed by atoms with E-state index < -0.39 is 5.97 Å². The maximum absolute atomic E-state index is 10.4. The van der Waals surface area contributed by atoms with Crippen molar-refractivity contribution in [3.05, 3.63) is 0 Å². The van der Waals surface area contributed by atoms with Crippen molar-refractivity contribution in [2.75, 3.05) is 39.5 Å². The van der Waals surface area contributed by atoms with Gasteiger partial charge in [-0.3, -0.25) is 4.79 Å². The van der Waals surface area contributed by atoms with E-state index in [9.17, 15) is 4.79 Å². The van der Waals surface area contributed by atoms with Crippen LogP contribution in [-0.2, 0) is 14.3 Å². The molecule has 0 aromatic rings. The molecule has 0 aliphatic heterocycles. The van der Waals surface area contributed by atoms with Gasteiger partial charge in [-0.05, 0) is 45.7 Å². The molecule has 0 atom stereocenters. The second-order valence-corrected chi connectivity index (χ2v) is 7.09. The number of nitrogens with zero attached hydrogens (tertiary/aromatic N) is 1. The summed E-state index contributed by atoms with van der Waals surface area (Å²) in [7, 11) is 0. The number of aliphatic carboxylic acids is 1. The van der Waals surface area contributed by atoms with Gasteiger partial charge < -0.3 is 24.6 Å². The summed E-state index contributed by atoms with van der Waals surface area (Å²) in [5.41, 5.74) is 0. The normalized spacial score (nSPS) is 10.1. The van der Waals surface area contributed by atoms with Gasteiger partial charge in [0.25, 0.3) is 0 Å². The van der Waals surface area contributed by atoms with Gasteiger partial charge in [0, 0.05) is 26.2 Å². The fourth-order valence-electron chi connectivity index (χ4n) is 2.85. The van der Waals surface area contributed by atoms with Crippen molar-refractivity contribution in [3.63, 3.8) is 0 Å². The van der Waals surface area contributed by atoms with Gasteiger partial charge in [-0.25, -0.2) is 0 Å². The van der Waals surface area contributed by atoms with Gasteiger partial charge in [0.1, 0.15) is 6.79 Å². The highest BCUT2D eigenvalue weighted by Gasteiger charge is 2.04. The van der Waals surface area contributed by atoms with Gasteiger partial charge in [-0.15, -0.1) is 0 Å². The third-order valence-electron chi connectivity index (χ3n) is 4.41. The Kier molecular flexibility index (Phi) is 35.7. The quantitative estimate of drug-likeness (QED) is 0.289. The highest BCUT2D eigenvalue weighted by molar-refractivity contribution is 5.66. The first kappa shape index (κ1) is 32.7. The van der Waals surface area contributed by atoms with Gasteiger partial charge in [0.2, 0.25) is 0 Å². The van der Waals surface area contributed by atoms with Crippen LogP contribution >= 0.6 is 0 Å². The molecule has 0 saturated heterocycles. The van der Waals surface area contributed by atoms with Crippen LogP contribution in [0, 0.1) is 0 Å². The van der Waals surface area contributed by atoms with Gasteiger partial charge in [-0.1, -0.05) is 58.8 Å². The summed E-state index contributed by atoms with van der Waals surface area (Å²) in [6, 6.07) is 0. The summed E-state index contributed by atoms with van der Waals surface area (Å²) >= 11 is 0. The molecule has 2 N–H and O–H groups in total. The SMILES string of the molecule is C=O.CCCCCCCN(CCO)CCCCCCCC(=O)O.CCCOCC. The number of ether oxygens (including phenoxy) is 1. The van der Waals surface area contributed by atoms with Crippen LogP contribution in [0.25, 0.3) is 0 Å². The summed E-state index contributed by atoms with van der Waals surface area (Å²) in [5, 5.41) is 17.7. The monoisotopic (exact) mass is 419 g/mol. The number of carboxylic acids is 1. The van der Waals surface area contributed by atoms with Crippen molar-refractivity contribution in [3.8, 4) is 0 Å². The molecule has 0 bridgehead atoms. The zero-order valence-electron chi connectivity index (χ0n) is 19.5. The highest BCUT2D eigenvalue weighted by atomic mass is 16.5. The number of unbranched alkanes of at least 4 members (excludes halogenated alkanes) is 8. The molecule has 0 spiro atoms. The number of hydrogen-bond acceptors (Lipinski definition) is 5. The minimum absolute atomic E-state index is 0.244. The van der Waals surface area contributed by atoms with Crippen molar-refractivity contribution in [1.29, 1.82) is 0 Å². The lowest BCUT2D eigenvalue weighted by Crippen LogP contribution is -2.29. The number of carboxylic acid groups (broad SMARTS) is 1. The summed E-state index contributed by atoms with van der Waals surface area (Å²) < 4.78 is 4.98. The first-order chi connectivity index (χ1) is 14.1. The minimum atomic E-state index is -0.688. The highest BCUT2D eigenvalue weighted by Crippen LogP contribution is 2.08. The summed E-state index contributed by atoms with van der Waals surface area (Å²) in [4.78, 5) is 20.7. The molecule has 0 saturated carbocycles. The van der Waals surface area contributed by atoms with Crippen molar-refractivity contribution in [1.82, 2.24) is 4.90 Å². The van der Waals surface area contributed by atoms with Gasteiger partial charge in [-0.2, -0.15) is 0 Å². The largest absolute Gasteiger partial charge is 0.481 e. The Morgan fingerprint density at radius 2 is 1.31 bits per heavy atom. The minimum Gasteiger partial charge on any atom is -0.481 e. The molecule has 0 heterocycles. The van der Waals surface area contributed by atoms with Gasteiger partial charge >= 0.3 is 5.97 Å². The average Bonchev–Trinajstić information content (AvgIpc) is 2.73. The molecule has 0 aromatic heterocycles. The van der Waals surface area contributed by atoms with Crippen LogP contribution in [-0.4, -0.2) is 67.3 Å². The van der Waals surface area contributed by atoms with E-state index in [0.717, 1.165) is 71.4 Å². The zero-order valence-corrected chi connectivity index (χ0v) is 19.5. The van der Waals surface area contributed by atoms with E-state index >= 15 is 0 Å². The molecule has 0 aliphatic carbocycles. The van der Waals surface area contributed by atoms with Crippen LogP contribution < -0.4 is 0 Å². The van der Waals surface area contributed by atoms with Gasteiger partial charge in [0.05, 0.1) is 6.61 Å². The van der Waals surface area contributed by atoms with Gasteiger partial charge in [0.15, 0.2) is 0 Å². The molecule has 176 valence electrons. The Balaban J connectivity index is -0.000000716. The lowest BCUT2D eigenvalue weighted by Gasteiger charge is -2.21. The first-order valence-electron chi connectivity index (χ1n) is 11.5. The molecule has 0 aromatic carbocycles. The third kappa shape index (κ3) is 34.9. The van der Waals surface area contributed by atoms with E-state index in [-0.39, 0.29) is 6.61 Å². The number of carbonyl (C=O) groups is 2. The third-order valence-corrected chi connectivity index (χ3v) is 4.41. The lowest BCUT2D eigenvalue weighted by atomic mass is 10.1. The zero-order chi connectivity index (χ0) is 22.6. The number of rotatable bonds is 19. The van der Waals surface area contributed by atoms with Crippen LogP contribution in [0.15, 0.2) is 0 Å². The molecule has 6 heteroatoms. The van der Waals surface area contributed by atoms with E-state index in [4.69, 9.17) is 19.7 Å². The molecular weight excluding hydrogens is 370 g/mol.